The molecule has 2 aromatic carbocycles. The molecule has 0 spiro atoms. The van der Waals surface area contributed by atoms with Gasteiger partial charge in [0.15, 0.2) is 17.3 Å². The summed E-state index contributed by atoms with van der Waals surface area (Å²) in [6, 6.07) is 7.95. The van der Waals surface area contributed by atoms with Gasteiger partial charge >= 0.3 is 19.5 Å². The molecule has 136 valence electrons. The second-order valence-corrected chi connectivity index (χ2v) is 5.38. The summed E-state index contributed by atoms with van der Waals surface area (Å²) >= 11 is 0. The van der Waals surface area contributed by atoms with Gasteiger partial charge in [0.25, 0.3) is 0 Å². The summed E-state index contributed by atoms with van der Waals surface area (Å²) in [5.41, 5.74) is 0.247. The van der Waals surface area contributed by atoms with E-state index in [2.05, 4.69) is 0 Å². The molecule has 27 heavy (non-hydrogen) atoms. The summed E-state index contributed by atoms with van der Waals surface area (Å²) < 4.78 is 26.8. The minimum Gasteiger partial charge on any atom is -0.507 e. The van der Waals surface area contributed by atoms with Crippen LogP contribution in [-0.2, 0) is 19.5 Å². The number of ether oxygens (including phenoxy) is 4. The van der Waals surface area contributed by atoms with Crippen LogP contribution in [0.3, 0.4) is 0 Å². The monoisotopic (exact) mass is 422 g/mol. The van der Waals surface area contributed by atoms with Crippen LogP contribution in [0.2, 0.25) is 0 Å². The summed E-state index contributed by atoms with van der Waals surface area (Å²) in [6.45, 7) is 0. The molecule has 0 fully saturated rings. The molecular weight excluding hydrogens is 406 g/mol. The zero-order valence-corrected chi connectivity index (χ0v) is 18.5. The second kappa shape index (κ2) is 8.31. The van der Waals surface area contributed by atoms with Crippen LogP contribution in [-0.4, -0.2) is 33.5 Å². The van der Waals surface area contributed by atoms with Gasteiger partial charge in [-0.1, -0.05) is 0 Å². The molecule has 7 nitrogen and oxygen atoms in total. The molecule has 0 aliphatic carbocycles. The molecule has 1 aromatic heterocycles. The van der Waals surface area contributed by atoms with E-state index in [1.54, 1.807) is 18.2 Å². The van der Waals surface area contributed by atoms with Gasteiger partial charge in [-0.2, -0.15) is 0 Å². The molecule has 0 aliphatic rings. The number of hydrogen-bond acceptors (Lipinski definition) is 7. The second-order valence-electron chi connectivity index (χ2n) is 5.38. The summed E-state index contributed by atoms with van der Waals surface area (Å²) in [5.74, 6) is 1.32. The van der Waals surface area contributed by atoms with Crippen molar-refractivity contribution < 1.29 is 47.9 Å². The fourth-order valence-electron chi connectivity index (χ4n) is 2.73. The number of fused-ring (bicyclic) bond motifs is 1. The van der Waals surface area contributed by atoms with Gasteiger partial charge < -0.3 is 28.5 Å². The third-order valence-electron chi connectivity index (χ3n) is 3.99. The molecule has 8 heteroatoms. The molecule has 1 N–H and O–H groups in total. The molecule has 0 atom stereocenters. The first-order valence-corrected chi connectivity index (χ1v) is 7.68. The van der Waals surface area contributed by atoms with Gasteiger partial charge in [-0.3, -0.25) is 4.79 Å². The van der Waals surface area contributed by atoms with E-state index in [1.807, 2.05) is 0 Å². The molecule has 0 radical (unpaired) electrons. The molecule has 0 saturated carbocycles. The summed E-state index contributed by atoms with van der Waals surface area (Å²) in [6.07, 6.45) is 0. The van der Waals surface area contributed by atoms with Crippen molar-refractivity contribution in [2.24, 2.45) is 0 Å². The number of hydrogen-bond donors (Lipinski definition) is 1. The Labute approximate surface area is 168 Å². The Kier molecular flexibility index (Phi) is 6.34. The van der Waals surface area contributed by atoms with Crippen LogP contribution in [0.5, 0.6) is 28.7 Å². The summed E-state index contributed by atoms with van der Waals surface area (Å²) in [5, 5.41) is 10.2. The zero-order chi connectivity index (χ0) is 18.8. The van der Waals surface area contributed by atoms with Gasteiger partial charge in [0, 0.05) is 17.7 Å². The Balaban J connectivity index is 0.00000261. The number of methoxy groups -OCH3 is 4. The smallest absolute Gasteiger partial charge is 0.507 e. The van der Waals surface area contributed by atoms with Gasteiger partial charge in [0.2, 0.25) is 11.2 Å². The van der Waals surface area contributed by atoms with Gasteiger partial charge in [-0.15, -0.1) is 0 Å². The normalized spacial score (nSPS) is 10.2. The van der Waals surface area contributed by atoms with Crippen molar-refractivity contribution in [3.8, 4) is 40.1 Å². The number of aromatic hydroxyl groups is 1. The number of phenolic OH excluding ortho intramolecular Hbond substituents is 1. The predicted octanol–water partition coefficient (Wildman–Crippen LogP) is 3.20. The maximum absolute atomic E-state index is 12.8. The molecule has 0 unspecified atom stereocenters. The Morgan fingerprint density at radius 1 is 0.889 bits per heavy atom. The predicted molar refractivity (Wildman–Crippen MR) is 95.8 cm³/mol. The van der Waals surface area contributed by atoms with Gasteiger partial charge in [-0.25, -0.2) is 0 Å². The maximum Gasteiger partial charge on any atom is 2.00 e. The average molecular weight is 424 g/mol. The fourth-order valence-corrected chi connectivity index (χ4v) is 2.73. The maximum atomic E-state index is 12.8. The molecule has 0 saturated heterocycles. The van der Waals surface area contributed by atoms with Crippen LogP contribution >= 0.6 is 0 Å². The number of rotatable bonds is 5. The topological polar surface area (TPSA) is 87.4 Å². The van der Waals surface area contributed by atoms with Crippen LogP contribution in [0.4, 0.5) is 0 Å². The Bertz CT molecular complexity index is 1030. The third-order valence-corrected chi connectivity index (χ3v) is 3.99. The average Bonchev–Trinajstić information content (AvgIpc) is 2.66. The molecule has 0 amide bonds. The van der Waals surface area contributed by atoms with Crippen LogP contribution in [0.15, 0.2) is 39.5 Å². The van der Waals surface area contributed by atoms with E-state index in [9.17, 15) is 9.90 Å². The fraction of sp³-hybridized carbons (Fsp3) is 0.211. The molecule has 3 aromatic rings. The molecule has 3 rings (SSSR count). The Hall–Kier alpha value is -2.73. The van der Waals surface area contributed by atoms with Crippen molar-refractivity contribution >= 4 is 11.0 Å². The zero-order valence-electron chi connectivity index (χ0n) is 15.5. The van der Waals surface area contributed by atoms with E-state index in [0.29, 0.717) is 22.8 Å². The SMILES string of the molecule is COc1cc(O)c2c(=O)c(OC)c(-c3ccc(OC)c(OC)c3)oc2c1.[Zn+2]. The number of phenols is 1. The van der Waals surface area contributed by atoms with Gasteiger partial charge in [0.1, 0.15) is 22.5 Å². The van der Waals surface area contributed by atoms with Crippen molar-refractivity contribution in [1.82, 2.24) is 0 Å². The Morgan fingerprint density at radius 3 is 2.19 bits per heavy atom. The van der Waals surface area contributed by atoms with Gasteiger partial charge in [0.05, 0.1) is 28.4 Å². The quantitative estimate of drug-likeness (QED) is 0.630. The summed E-state index contributed by atoms with van der Waals surface area (Å²) in [4.78, 5) is 12.8. The Morgan fingerprint density at radius 2 is 1.59 bits per heavy atom. The van der Waals surface area contributed by atoms with Crippen LogP contribution in [0.1, 0.15) is 0 Å². The van der Waals surface area contributed by atoms with Crippen LogP contribution in [0, 0.1) is 0 Å². The van der Waals surface area contributed by atoms with Crippen molar-refractivity contribution in [3.63, 3.8) is 0 Å². The van der Waals surface area contributed by atoms with Crippen molar-refractivity contribution in [2.45, 2.75) is 0 Å². The first-order chi connectivity index (χ1) is 12.5. The van der Waals surface area contributed by atoms with E-state index in [-0.39, 0.29) is 47.7 Å². The van der Waals surface area contributed by atoms with E-state index < -0.39 is 5.43 Å². The van der Waals surface area contributed by atoms with Crippen molar-refractivity contribution in [1.29, 1.82) is 0 Å². The molecular formula is C19H18O7Zn+2. The first-order valence-electron chi connectivity index (χ1n) is 7.68. The van der Waals surface area contributed by atoms with Crippen molar-refractivity contribution in [2.75, 3.05) is 28.4 Å². The van der Waals surface area contributed by atoms with Gasteiger partial charge in [-0.05, 0) is 18.2 Å². The van der Waals surface area contributed by atoms with Crippen LogP contribution in [0.25, 0.3) is 22.3 Å². The minimum atomic E-state index is -0.487. The largest absolute Gasteiger partial charge is 2.00 e. The van der Waals surface area contributed by atoms with E-state index in [4.69, 9.17) is 23.4 Å². The molecule has 1 heterocycles. The first kappa shape index (κ1) is 20.6. The van der Waals surface area contributed by atoms with Crippen molar-refractivity contribution in [3.05, 3.63) is 40.6 Å². The van der Waals surface area contributed by atoms with Crippen LogP contribution < -0.4 is 24.4 Å². The number of benzene rings is 2. The standard InChI is InChI=1S/C19H18O7.Zn/c1-22-11-8-12(20)16-15(9-11)26-18(19(25-4)17(16)21)10-5-6-13(23-2)14(7-10)24-3;/h5-9,20H,1-4H3;/q;+2. The van der Waals surface area contributed by atoms with E-state index >= 15 is 0 Å². The van der Waals surface area contributed by atoms with E-state index in [1.165, 1.54) is 40.6 Å². The molecule has 0 aliphatic heterocycles. The molecule has 0 bridgehead atoms. The third kappa shape index (κ3) is 3.58. The van der Waals surface area contributed by atoms with E-state index in [0.717, 1.165) is 0 Å². The summed E-state index contributed by atoms with van der Waals surface area (Å²) in [7, 11) is 5.86. The minimum absolute atomic E-state index is 0.